The Balaban J connectivity index is 1.47. The van der Waals surface area contributed by atoms with Crippen molar-refractivity contribution in [1.82, 2.24) is 24.7 Å². The molecule has 0 unspecified atom stereocenters. The van der Waals surface area contributed by atoms with Gasteiger partial charge < -0.3 is 14.5 Å². The van der Waals surface area contributed by atoms with Gasteiger partial charge in [0.25, 0.3) is 5.91 Å². The first-order valence-electron chi connectivity index (χ1n) is 8.98. The van der Waals surface area contributed by atoms with Crippen molar-refractivity contribution >= 4 is 27.9 Å². The van der Waals surface area contributed by atoms with Crippen LogP contribution in [0.2, 0.25) is 0 Å². The highest BCUT2D eigenvalue weighted by molar-refractivity contribution is 7.18. The van der Waals surface area contributed by atoms with Gasteiger partial charge in [0.1, 0.15) is 5.75 Å². The summed E-state index contributed by atoms with van der Waals surface area (Å²) in [6.07, 6.45) is 0. The van der Waals surface area contributed by atoms with Gasteiger partial charge in [-0.2, -0.15) is 4.52 Å². The smallest absolute Gasteiger partial charge is 0.284 e. The van der Waals surface area contributed by atoms with Crippen LogP contribution in [0.3, 0.4) is 0 Å². The number of piperazine rings is 1. The molecule has 0 saturated carbocycles. The lowest BCUT2D eigenvalue weighted by atomic mass is 10.2. The van der Waals surface area contributed by atoms with E-state index in [9.17, 15) is 4.79 Å². The number of nitrogens with zero attached hydrogens (tertiary/aromatic N) is 6. The number of amides is 1. The maximum absolute atomic E-state index is 12.9. The number of hydrogen-bond acceptors (Lipinski definition) is 7. The van der Waals surface area contributed by atoms with Crippen molar-refractivity contribution in [1.29, 1.82) is 0 Å². The lowest BCUT2D eigenvalue weighted by molar-refractivity contribution is 0.0745. The summed E-state index contributed by atoms with van der Waals surface area (Å²) in [7, 11) is 1.68. The van der Waals surface area contributed by atoms with E-state index >= 15 is 0 Å². The van der Waals surface area contributed by atoms with Crippen LogP contribution in [-0.4, -0.2) is 63.9 Å². The van der Waals surface area contributed by atoms with E-state index < -0.39 is 0 Å². The van der Waals surface area contributed by atoms with E-state index in [1.54, 1.807) is 11.6 Å². The molecule has 0 aliphatic carbocycles. The molecule has 3 heterocycles. The van der Waals surface area contributed by atoms with Crippen LogP contribution >= 0.6 is 11.3 Å². The highest BCUT2D eigenvalue weighted by atomic mass is 32.1. The quantitative estimate of drug-likeness (QED) is 0.685. The van der Waals surface area contributed by atoms with Gasteiger partial charge in [0.2, 0.25) is 9.97 Å². The van der Waals surface area contributed by atoms with Gasteiger partial charge in [-0.15, -0.1) is 15.3 Å². The second kappa shape index (κ2) is 7.15. The Hall–Kier alpha value is -2.68. The van der Waals surface area contributed by atoms with Gasteiger partial charge >= 0.3 is 0 Å². The largest absolute Gasteiger partial charge is 0.495 e. The predicted molar refractivity (Wildman–Crippen MR) is 104 cm³/mol. The molecule has 1 fully saturated rings. The summed E-state index contributed by atoms with van der Waals surface area (Å²) in [6.45, 7) is 6.88. The van der Waals surface area contributed by atoms with Crippen LogP contribution in [0.5, 0.6) is 5.75 Å². The molecule has 1 saturated heterocycles. The van der Waals surface area contributed by atoms with Gasteiger partial charge in [-0.1, -0.05) is 37.3 Å². The number of methoxy groups -OCH3 is 1. The average Bonchev–Trinajstić information content (AvgIpc) is 3.28. The van der Waals surface area contributed by atoms with Crippen molar-refractivity contribution < 1.29 is 9.53 Å². The minimum atomic E-state index is -0.0418. The number of fused-ring (bicyclic) bond motifs is 1. The van der Waals surface area contributed by atoms with Crippen molar-refractivity contribution in [3.63, 3.8) is 0 Å². The number of benzene rings is 1. The van der Waals surface area contributed by atoms with E-state index in [-0.39, 0.29) is 11.8 Å². The zero-order valence-electron chi connectivity index (χ0n) is 15.6. The van der Waals surface area contributed by atoms with Crippen LogP contribution in [0.4, 0.5) is 5.69 Å². The molecule has 1 amide bonds. The second-order valence-electron chi connectivity index (χ2n) is 6.77. The van der Waals surface area contributed by atoms with Gasteiger partial charge in [-0.3, -0.25) is 4.79 Å². The fourth-order valence-corrected chi connectivity index (χ4v) is 4.07. The number of hydrogen-bond donors (Lipinski definition) is 0. The van der Waals surface area contributed by atoms with E-state index in [1.807, 2.05) is 43.0 Å². The molecule has 2 aromatic heterocycles. The molecule has 0 atom stereocenters. The Kier molecular flexibility index (Phi) is 4.69. The fraction of sp³-hybridized carbons (Fsp3) is 0.444. The van der Waals surface area contributed by atoms with Gasteiger partial charge in [0.05, 0.1) is 12.8 Å². The number of ether oxygens (including phenoxy) is 1. The minimum Gasteiger partial charge on any atom is -0.495 e. The van der Waals surface area contributed by atoms with Gasteiger partial charge in [0.15, 0.2) is 5.82 Å². The summed E-state index contributed by atoms with van der Waals surface area (Å²) < 4.78 is 7.14. The molecule has 0 spiro atoms. The van der Waals surface area contributed by atoms with Crippen LogP contribution in [0.15, 0.2) is 24.3 Å². The molecule has 0 N–H and O–H groups in total. The monoisotopic (exact) mass is 386 g/mol. The minimum absolute atomic E-state index is 0.0418. The van der Waals surface area contributed by atoms with Crippen LogP contribution in [-0.2, 0) is 0 Å². The Morgan fingerprint density at radius 3 is 2.59 bits per heavy atom. The third-order valence-electron chi connectivity index (χ3n) is 4.71. The Bertz CT molecular complexity index is 958. The van der Waals surface area contributed by atoms with E-state index in [0.717, 1.165) is 30.4 Å². The number of carbonyl (C=O) groups excluding carboxylic acids is 1. The molecule has 0 bridgehead atoms. The topological polar surface area (TPSA) is 75.9 Å². The number of para-hydroxylation sites is 2. The van der Waals surface area contributed by atoms with Gasteiger partial charge in [0, 0.05) is 32.1 Å². The highest BCUT2D eigenvalue weighted by Crippen LogP contribution is 2.28. The first-order chi connectivity index (χ1) is 13.1. The van der Waals surface area contributed by atoms with Crippen molar-refractivity contribution in [2.45, 2.75) is 19.8 Å². The maximum Gasteiger partial charge on any atom is 0.284 e. The summed E-state index contributed by atoms with van der Waals surface area (Å²) in [5.74, 6) is 1.79. The third kappa shape index (κ3) is 3.23. The Morgan fingerprint density at radius 1 is 1.15 bits per heavy atom. The molecule has 3 aromatic rings. The van der Waals surface area contributed by atoms with Crippen LogP contribution in [0, 0.1) is 0 Å². The summed E-state index contributed by atoms with van der Waals surface area (Å²) in [5, 5.41) is 13.2. The summed E-state index contributed by atoms with van der Waals surface area (Å²) in [5.41, 5.74) is 1.06. The standard InChI is InChI=1S/C18H22N6O2S/c1-12(2)15-19-20-18-24(15)21-16(27-18)17(25)23-10-8-22(9-11-23)13-6-4-5-7-14(13)26-3/h4-7,12H,8-11H2,1-3H3. The first kappa shape index (κ1) is 17.7. The van der Waals surface area contributed by atoms with Gasteiger partial charge in [-0.25, -0.2) is 0 Å². The van der Waals surface area contributed by atoms with Crippen molar-refractivity contribution in [3.05, 3.63) is 35.1 Å². The van der Waals surface area contributed by atoms with Crippen LogP contribution in [0.25, 0.3) is 4.96 Å². The van der Waals surface area contributed by atoms with E-state index in [2.05, 4.69) is 20.2 Å². The second-order valence-corrected chi connectivity index (χ2v) is 7.72. The molecule has 27 heavy (non-hydrogen) atoms. The van der Waals surface area contributed by atoms with E-state index in [4.69, 9.17) is 4.74 Å². The Labute approximate surface area is 161 Å². The number of carbonyl (C=O) groups is 1. The predicted octanol–water partition coefficient (Wildman–Crippen LogP) is 2.28. The lowest BCUT2D eigenvalue weighted by Gasteiger charge is -2.36. The normalized spacial score (nSPS) is 15.0. The fourth-order valence-electron chi connectivity index (χ4n) is 3.26. The molecule has 142 valence electrons. The molecular formula is C18H22N6O2S. The summed E-state index contributed by atoms with van der Waals surface area (Å²) in [4.78, 5) is 17.6. The summed E-state index contributed by atoms with van der Waals surface area (Å²) >= 11 is 1.29. The van der Waals surface area contributed by atoms with Crippen molar-refractivity contribution in [2.24, 2.45) is 0 Å². The Morgan fingerprint density at radius 2 is 1.89 bits per heavy atom. The molecular weight excluding hydrogens is 364 g/mol. The SMILES string of the molecule is COc1ccccc1N1CCN(C(=O)c2nn3c(C(C)C)nnc3s2)CC1. The molecule has 1 aliphatic heterocycles. The molecule has 0 radical (unpaired) electrons. The summed E-state index contributed by atoms with van der Waals surface area (Å²) in [6, 6.07) is 7.97. The van der Waals surface area contributed by atoms with E-state index in [0.29, 0.717) is 23.1 Å². The average molecular weight is 386 g/mol. The third-order valence-corrected chi connectivity index (χ3v) is 5.59. The van der Waals surface area contributed by atoms with Gasteiger partial charge in [-0.05, 0) is 12.1 Å². The molecule has 8 nitrogen and oxygen atoms in total. The molecule has 4 rings (SSSR count). The van der Waals surface area contributed by atoms with E-state index in [1.165, 1.54) is 11.3 Å². The number of aromatic nitrogens is 4. The molecule has 1 aromatic carbocycles. The molecule has 9 heteroatoms. The van der Waals surface area contributed by atoms with Crippen LogP contribution < -0.4 is 9.64 Å². The van der Waals surface area contributed by atoms with Crippen LogP contribution in [0.1, 0.15) is 35.4 Å². The maximum atomic E-state index is 12.9. The zero-order valence-corrected chi connectivity index (χ0v) is 16.4. The molecule has 1 aliphatic rings. The van der Waals surface area contributed by atoms with Crippen molar-refractivity contribution in [3.8, 4) is 5.75 Å². The lowest BCUT2D eigenvalue weighted by Crippen LogP contribution is -2.48. The zero-order chi connectivity index (χ0) is 19.0. The first-order valence-corrected chi connectivity index (χ1v) is 9.79. The number of rotatable bonds is 4. The number of anilines is 1. The highest BCUT2D eigenvalue weighted by Gasteiger charge is 2.27. The van der Waals surface area contributed by atoms with Crippen molar-refractivity contribution in [2.75, 3.05) is 38.2 Å².